The van der Waals surface area contributed by atoms with Gasteiger partial charge in [-0.25, -0.2) is 0 Å². The molecule has 2 aliphatic rings. The molecule has 0 amide bonds. The van der Waals surface area contributed by atoms with Crippen molar-refractivity contribution < 1.29 is 0 Å². The highest BCUT2D eigenvalue weighted by Gasteiger charge is 2.22. The molecule has 0 radical (unpaired) electrons. The van der Waals surface area contributed by atoms with Gasteiger partial charge in [0.1, 0.15) is 0 Å². The van der Waals surface area contributed by atoms with Crippen LogP contribution in [0.15, 0.2) is 0 Å². The predicted octanol–water partition coefficient (Wildman–Crippen LogP) is 2.18. The lowest BCUT2D eigenvalue weighted by Crippen LogP contribution is -2.39. The Bertz CT molecular complexity index is 244. The summed E-state index contributed by atoms with van der Waals surface area (Å²) in [4.78, 5) is 5.38. The van der Waals surface area contributed by atoms with Gasteiger partial charge in [-0.2, -0.15) is 0 Å². The fourth-order valence-corrected chi connectivity index (χ4v) is 3.62. The molecular weight excluding hydrogens is 234 g/mol. The Labute approximate surface area is 119 Å². The highest BCUT2D eigenvalue weighted by atomic mass is 15.2. The second-order valence-electron chi connectivity index (χ2n) is 6.50. The third-order valence-electron chi connectivity index (χ3n) is 4.91. The van der Waals surface area contributed by atoms with E-state index in [4.69, 9.17) is 0 Å². The van der Waals surface area contributed by atoms with Crippen LogP contribution in [0.1, 0.15) is 46.0 Å². The van der Waals surface area contributed by atoms with Gasteiger partial charge in [-0.05, 0) is 77.8 Å². The minimum atomic E-state index is 0.828. The first-order valence-corrected chi connectivity index (χ1v) is 8.46. The first-order chi connectivity index (χ1) is 9.29. The van der Waals surface area contributed by atoms with Gasteiger partial charge in [0.25, 0.3) is 0 Å². The fourth-order valence-electron chi connectivity index (χ4n) is 3.62. The summed E-state index contributed by atoms with van der Waals surface area (Å²) in [6.07, 6.45) is 7.02. The van der Waals surface area contributed by atoms with Gasteiger partial charge in [0.2, 0.25) is 0 Å². The molecule has 2 fully saturated rings. The molecule has 2 rings (SSSR count). The first kappa shape index (κ1) is 15.3. The van der Waals surface area contributed by atoms with Gasteiger partial charge in [-0.3, -0.25) is 0 Å². The molecule has 2 saturated heterocycles. The summed E-state index contributed by atoms with van der Waals surface area (Å²) in [5.74, 6) is 0.897. The summed E-state index contributed by atoms with van der Waals surface area (Å²) in [5, 5.41) is 3.49. The summed E-state index contributed by atoms with van der Waals surface area (Å²) >= 11 is 0. The van der Waals surface area contributed by atoms with Gasteiger partial charge in [-0.1, -0.05) is 13.3 Å². The Morgan fingerprint density at radius 2 is 2.00 bits per heavy atom. The molecule has 3 nitrogen and oxygen atoms in total. The lowest BCUT2D eigenvalue weighted by Gasteiger charge is -2.33. The number of rotatable bonds is 7. The van der Waals surface area contributed by atoms with E-state index >= 15 is 0 Å². The molecule has 0 spiro atoms. The second kappa shape index (κ2) is 8.23. The lowest BCUT2D eigenvalue weighted by molar-refractivity contribution is 0.152. The molecule has 1 N–H and O–H groups in total. The highest BCUT2D eigenvalue weighted by molar-refractivity contribution is 4.78. The van der Waals surface area contributed by atoms with Gasteiger partial charge in [-0.15, -0.1) is 0 Å². The van der Waals surface area contributed by atoms with Crippen LogP contribution in [0.5, 0.6) is 0 Å². The van der Waals surface area contributed by atoms with Crippen LogP contribution in [-0.2, 0) is 0 Å². The van der Waals surface area contributed by atoms with E-state index in [0.29, 0.717) is 0 Å². The number of nitrogens with zero attached hydrogens (tertiary/aromatic N) is 2. The van der Waals surface area contributed by atoms with Crippen molar-refractivity contribution in [2.24, 2.45) is 5.92 Å². The molecule has 112 valence electrons. The standard InChI is InChI=1S/C16H33N3/c1-3-17-13-16-8-12-18(14-16)9-6-11-19-10-5-4-7-15(19)2/h15-17H,3-14H2,1-2H3. The average Bonchev–Trinajstić information content (AvgIpc) is 2.86. The van der Waals surface area contributed by atoms with Crippen LogP contribution in [0.2, 0.25) is 0 Å². The van der Waals surface area contributed by atoms with E-state index < -0.39 is 0 Å². The summed E-state index contributed by atoms with van der Waals surface area (Å²) < 4.78 is 0. The topological polar surface area (TPSA) is 18.5 Å². The maximum atomic E-state index is 3.49. The van der Waals surface area contributed by atoms with Gasteiger partial charge in [0.05, 0.1) is 0 Å². The monoisotopic (exact) mass is 267 g/mol. The summed E-state index contributed by atoms with van der Waals surface area (Å²) in [5.41, 5.74) is 0. The molecule has 0 bridgehead atoms. The molecule has 2 unspecified atom stereocenters. The maximum Gasteiger partial charge on any atom is 0.00669 e. The van der Waals surface area contributed by atoms with Crippen LogP contribution in [-0.4, -0.2) is 61.7 Å². The smallest absolute Gasteiger partial charge is 0.00669 e. The normalized spacial score (nSPS) is 30.0. The summed E-state index contributed by atoms with van der Waals surface area (Å²) in [6, 6.07) is 0.828. The van der Waals surface area contributed by atoms with Crippen molar-refractivity contribution in [2.75, 3.05) is 45.8 Å². The van der Waals surface area contributed by atoms with E-state index in [1.807, 2.05) is 0 Å². The molecule has 3 heteroatoms. The van der Waals surface area contributed by atoms with Crippen LogP contribution in [0.3, 0.4) is 0 Å². The van der Waals surface area contributed by atoms with Crippen molar-refractivity contribution in [1.82, 2.24) is 15.1 Å². The highest BCUT2D eigenvalue weighted by Crippen LogP contribution is 2.18. The zero-order valence-corrected chi connectivity index (χ0v) is 13.0. The molecule has 0 aromatic heterocycles. The number of piperidine rings is 1. The molecule has 19 heavy (non-hydrogen) atoms. The molecule has 0 aliphatic carbocycles. The van der Waals surface area contributed by atoms with Gasteiger partial charge < -0.3 is 15.1 Å². The minimum absolute atomic E-state index is 0.828. The first-order valence-electron chi connectivity index (χ1n) is 8.46. The van der Waals surface area contributed by atoms with Crippen molar-refractivity contribution in [3.63, 3.8) is 0 Å². The molecule has 0 aromatic rings. The number of hydrogen-bond donors (Lipinski definition) is 1. The Hall–Kier alpha value is -0.120. The van der Waals surface area contributed by atoms with E-state index in [1.165, 1.54) is 71.4 Å². The van der Waals surface area contributed by atoms with Crippen LogP contribution < -0.4 is 5.32 Å². The number of nitrogens with one attached hydrogen (secondary N) is 1. The van der Waals surface area contributed by atoms with Gasteiger partial charge in [0.15, 0.2) is 0 Å². The Balaban J connectivity index is 1.56. The average molecular weight is 267 g/mol. The van der Waals surface area contributed by atoms with Crippen LogP contribution in [0, 0.1) is 5.92 Å². The maximum absolute atomic E-state index is 3.49. The van der Waals surface area contributed by atoms with Crippen molar-refractivity contribution in [1.29, 1.82) is 0 Å². The zero-order chi connectivity index (χ0) is 13.5. The molecule has 0 saturated carbocycles. The van der Waals surface area contributed by atoms with E-state index in [-0.39, 0.29) is 0 Å². The number of hydrogen-bond acceptors (Lipinski definition) is 3. The quantitative estimate of drug-likeness (QED) is 0.763. The Morgan fingerprint density at radius 3 is 2.79 bits per heavy atom. The Morgan fingerprint density at radius 1 is 1.11 bits per heavy atom. The van der Waals surface area contributed by atoms with Crippen molar-refractivity contribution in [2.45, 2.75) is 52.0 Å². The fraction of sp³-hybridized carbons (Fsp3) is 1.00. The third kappa shape index (κ3) is 5.05. The SMILES string of the molecule is CCNCC1CCN(CCCN2CCCCC2C)C1. The lowest BCUT2D eigenvalue weighted by atomic mass is 10.0. The van der Waals surface area contributed by atoms with E-state index in [9.17, 15) is 0 Å². The minimum Gasteiger partial charge on any atom is -0.317 e. The van der Waals surface area contributed by atoms with E-state index in [2.05, 4.69) is 29.0 Å². The van der Waals surface area contributed by atoms with Crippen LogP contribution >= 0.6 is 0 Å². The molecule has 2 aliphatic heterocycles. The van der Waals surface area contributed by atoms with Crippen LogP contribution in [0.4, 0.5) is 0 Å². The van der Waals surface area contributed by atoms with Gasteiger partial charge in [0, 0.05) is 12.6 Å². The van der Waals surface area contributed by atoms with E-state index in [1.54, 1.807) is 0 Å². The van der Waals surface area contributed by atoms with Crippen molar-refractivity contribution in [3.05, 3.63) is 0 Å². The van der Waals surface area contributed by atoms with Crippen molar-refractivity contribution >= 4 is 0 Å². The molecular formula is C16H33N3. The molecule has 0 aromatic carbocycles. The van der Waals surface area contributed by atoms with E-state index in [0.717, 1.165) is 18.5 Å². The predicted molar refractivity (Wildman–Crippen MR) is 82.6 cm³/mol. The Kier molecular flexibility index (Phi) is 6.62. The third-order valence-corrected chi connectivity index (χ3v) is 4.91. The van der Waals surface area contributed by atoms with Gasteiger partial charge >= 0.3 is 0 Å². The number of likely N-dealkylation sites (tertiary alicyclic amines) is 2. The zero-order valence-electron chi connectivity index (χ0n) is 13.0. The molecule has 2 heterocycles. The molecule has 2 atom stereocenters. The van der Waals surface area contributed by atoms with Crippen LogP contribution in [0.25, 0.3) is 0 Å². The summed E-state index contributed by atoms with van der Waals surface area (Å²) in [7, 11) is 0. The second-order valence-corrected chi connectivity index (χ2v) is 6.50. The largest absolute Gasteiger partial charge is 0.317 e. The summed E-state index contributed by atoms with van der Waals surface area (Å²) in [6.45, 7) is 13.5. The van der Waals surface area contributed by atoms with Crippen molar-refractivity contribution in [3.8, 4) is 0 Å².